The average Bonchev–Trinajstić information content (AvgIpc) is 3.06. The van der Waals surface area contributed by atoms with Gasteiger partial charge in [0.2, 0.25) is 5.91 Å². The second kappa shape index (κ2) is 7.07. The van der Waals surface area contributed by atoms with Crippen LogP contribution in [0, 0.1) is 0 Å². The molecular weight excluding hydrogens is 314 g/mol. The van der Waals surface area contributed by atoms with E-state index in [1.54, 1.807) is 18.3 Å². The Kier molecular flexibility index (Phi) is 4.68. The predicted molar refractivity (Wildman–Crippen MR) is 85.9 cm³/mol. The highest BCUT2D eigenvalue weighted by Gasteiger charge is 2.19. The summed E-state index contributed by atoms with van der Waals surface area (Å²) in [4.78, 5) is 16.6. The first-order valence-corrected chi connectivity index (χ1v) is 7.45. The largest absolute Gasteiger partial charge is 0.364 e. The predicted octanol–water partition coefficient (Wildman–Crippen LogP) is 3.17. The third-order valence-electron chi connectivity index (χ3n) is 3.30. The molecule has 1 unspecified atom stereocenters. The van der Waals surface area contributed by atoms with Crippen molar-refractivity contribution in [2.24, 2.45) is 0 Å². The SMILES string of the molecule is O=C(Cc1ccon1)NC(c1cccc(Cl)c1)c1ccccn1. The van der Waals surface area contributed by atoms with Gasteiger partial charge in [-0.1, -0.05) is 35.0 Å². The Bertz CT molecular complexity index is 776. The van der Waals surface area contributed by atoms with Gasteiger partial charge in [-0.25, -0.2) is 0 Å². The van der Waals surface area contributed by atoms with Crippen LogP contribution in [0.15, 0.2) is 65.5 Å². The van der Waals surface area contributed by atoms with Gasteiger partial charge >= 0.3 is 0 Å². The second-order valence-electron chi connectivity index (χ2n) is 4.98. The smallest absolute Gasteiger partial charge is 0.226 e. The molecule has 1 N–H and O–H groups in total. The molecule has 0 aliphatic rings. The quantitative estimate of drug-likeness (QED) is 0.781. The van der Waals surface area contributed by atoms with Gasteiger partial charge in [-0.2, -0.15) is 0 Å². The zero-order valence-electron chi connectivity index (χ0n) is 12.1. The molecule has 2 aromatic heterocycles. The second-order valence-corrected chi connectivity index (χ2v) is 5.41. The number of carbonyl (C=O) groups is 1. The molecule has 0 aliphatic heterocycles. The molecule has 3 aromatic rings. The molecule has 1 aromatic carbocycles. The molecule has 1 amide bonds. The van der Waals surface area contributed by atoms with Crippen molar-refractivity contribution >= 4 is 17.5 Å². The summed E-state index contributed by atoms with van der Waals surface area (Å²) >= 11 is 6.07. The van der Waals surface area contributed by atoms with E-state index in [0.717, 1.165) is 11.3 Å². The maximum absolute atomic E-state index is 12.3. The lowest BCUT2D eigenvalue weighted by Gasteiger charge is -2.19. The summed E-state index contributed by atoms with van der Waals surface area (Å²) in [5, 5.41) is 7.33. The van der Waals surface area contributed by atoms with Crippen molar-refractivity contribution in [3.05, 3.63) is 83.0 Å². The van der Waals surface area contributed by atoms with Crippen LogP contribution in [0.4, 0.5) is 0 Å². The highest BCUT2D eigenvalue weighted by Crippen LogP contribution is 2.23. The Hall–Kier alpha value is -2.66. The van der Waals surface area contributed by atoms with Crippen molar-refractivity contribution < 1.29 is 9.32 Å². The van der Waals surface area contributed by atoms with E-state index in [4.69, 9.17) is 16.1 Å². The number of nitrogens with zero attached hydrogens (tertiary/aromatic N) is 2. The summed E-state index contributed by atoms with van der Waals surface area (Å²) in [6.45, 7) is 0. The molecule has 1 atom stereocenters. The number of aromatic nitrogens is 2. The van der Waals surface area contributed by atoms with Crippen LogP contribution in [0.1, 0.15) is 23.0 Å². The van der Waals surface area contributed by atoms with E-state index in [0.29, 0.717) is 10.7 Å². The number of nitrogens with one attached hydrogen (secondary N) is 1. The molecule has 5 nitrogen and oxygen atoms in total. The van der Waals surface area contributed by atoms with E-state index in [1.165, 1.54) is 6.26 Å². The highest BCUT2D eigenvalue weighted by atomic mass is 35.5. The maximum Gasteiger partial charge on any atom is 0.226 e. The van der Waals surface area contributed by atoms with Gasteiger partial charge in [0.05, 0.1) is 23.9 Å². The number of hydrogen-bond donors (Lipinski definition) is 1. The third-order valence-corrected chi connectivity index (χ3v) is 3.54. The molecule has 0 saturated carbocycles. The monoisotopic (exact) mass is 327 g/mol. The molecule has 0 bridgehead atoms. The van der Waals surface area contributed by atoms with Crippen molar-refractivity contribution in [2.75, 3.05) is 0 Å². The molecule has 0 spiro atoms. The molecule has 3 rings (SSSR count). The minimum Gasteiger partial charge on any atom is -0.364 e. The molecule has 0 aliphatic carbocycles. The van der Waals surface area contributed by atoms with Crippen LogP contribution < -0.4 is 5.32 Å². The van der Waals surface area contributed by atoms with E-state index in [-0.39, 0.29) is 18.4 Å². The number of benzene rings is 1. The van der Waals surface area contributed by atoms with Gasteiger partial charge in [-0.3, -0.25) is 9.78 Å². The summed E-state index contributed by atoms with van der Waals surface area (Å²) in [6, 6.07) is 14.2. The van der Waals surface area contributed by atoms with Crippen molar-refractivity contribution in [1.29, 1.82) is 0 Å². The Balaban J connectivity index is 1.85. The highest BCUT2D eigenvalue weighted by molar-refractivity contribution is 6.30. The number of amides is 1. The van der Waals surface area contributed by atoms with E-state index in [9.17, 15) is 4.79 Å². The fraction of sp³-hybridized carbons (Fsp3) is 0.118. The van der Waals surface area contributed by atoms with Gasteiger partial charge in [0.25, 0.3) is 0 Å². The van der Waals surface area contributed by atoms with Crippen LogP contribution in [-0.4, -0.2) is 16.0 Å². The zero-order valence-corrected chi connectivity index (χ0v) is 12.9. The summed E-state index contributed by atoms with van der Waals surface area (Å²) < 4.78 is 4.75. The number of pyridine rings is 1. The van der Waals surface area contributed by atoms with Gasteiger partial charge in [0.1, 0.15) is 6.26 Å². The van der Waals surface area contributed by atoms with Crippen molar-refractivity contribution in [2.45, 2.75) is 12.5 Å². The van der Waals surface area contributed by atoms with Crippen LogP contribution in [0.25, 0.3) is 0 Å². The lowest BCUT2D eigenvalue weighted by molar-refractivity contribution is -0.121. The number of rotatable bonds is 5. The maximum atomic E-state index is 12.3. The minimum absolute atomic E-state index is 0.139. The molecule has 0 saturated heterocycles. The van der Waals surface area contributed by atoms with Gasteiger partial charge in [-0.15, -0.1) is 0 Å². The van der Waals surface area contributed by atoms with Crippen LogP contribution in [-0.2, 0) is 11.2 Å². The first-order chi connectivity index (χ1) is 11.2. The first kappa shape index (κ1) is 15.2. The number of hydrogen-bond acceptors (Lipinski definition) is 4. The van der Waals surface area contributed by atoms with E-state index in [2.05, 4.69) is 15.5 Å². The van der Waals surface area contributed by atoms with Gasteiger partial charge in [-0.05, 0) is 29.8 Å². The summed E-state index contributed by atoms with van der Waals surface area (Å²) in [7, 11) is 0. The van der Waals surface area contributed by atoms with Crippen LogP contribution >= 0.6 is 11.6 Å². The molecule has 6 heteroatoms. The third kappa shape index (κ3) is 3.96. The fourth-order valence-corrected chi connectivity index (χ4v) is 2.46. The first-order valence-electron chi connectivity index (χ1n) is 7.07. The van der Waals surface area contributed by atoms with Gasteiger partial charge < -0.3 is 9.84 Å². The summed E-state index contributed by atoms with van der Waals surface area (Å²) in [5.74, 6) is -0.172. The molecule has 116 valence electrons. The van der Waals surface area contributed by atoms with Crippen molar-refractivity contribution in [3.63, 3.8) is 0 Å². The Labute approximate surface area is 138 Å². The Morgan fingerprint density at radius 3 is 2.83 bits per heavy atom. The van der Waals surface area contributed by atoms with E-state index >= 15 is 0 Å². The van der Waals surface area contributed by atoms with Crippen LogP contribution in [0.5, 0.6) is 0 Å². The topological polar surface area (TPSA) is 68.0 Å². The van der Waals surface area contributed by atoms with E-state index < -0.39 is 0 Å². The van der Waals surface area contributed by atoms with Crippen LogP contribution in [0.3, 0.4) is 0 Å². The zero-order chi connectivity index (χ0) is 16.1. The molecule has 0 fully saturated rings. The van der Waals surface area contributed by atoms with Crippen molar-refractivity contribution in [1.82, 2.24) is 15.5 Å². The fourth-order valence-electron chi connectivity index (χ4n) is 2.27. The molecule has 23 heavy (non-hydrogen) atoms. The average molecular weight is 328 g/mol. The normalized spacial score (nSPS) is 11.9. The van der Waals surface area contributed by atoms with Crippen LogP contribution in [0.2, 0.25) is 5.02 Å². The summed E-state index contributed by atoms with van der Waals surface area (Å²) in [5.41, 5.74) is 2.18. The Morgan fingerprint density at radius 1 is 1.22 bits per heavy atom. The number of carbonyl (C=O) groups excluding carboxylic acids is 1. The van der Waals surface area contributed by atoms with Crippen molar-refractivity contribution in [3.8, 4) is 0 Å². The molecular formula is C17H14ClN3O2. The summed E-state index contributed by atoms with van der Waals surface area (Å²) in [6.07, 6.45) is 3.27. The minimum atomic E-state index is -0.380. The number of halogens is 1. The van der Waals surface area contributed by atoms with Gasteiger partial charge in [0, 0.05) is 17.3 Å². The lowest BCUT2D eigenvalue weighted by Crippen LogP contribution is -2.31. The molecule has 0 radical (unpaired) electrons. The standard InChI is InChI=1S/C17H14ClN3O2/c18-13-5-3-4-12(10-13)17(15-6-1-2-8-19-15)20-16(22)11-14-7-9-23-21-14/h1-10,17H,11H2,(H,20,22). The Morgan fingerprint density at radius 2 is 2.13 bits per heavy atom. The van der Waals surface area contributed by atoms with E-state index in [1.807, 2.05) is 36.4 Å². The lowest BCUT2D eigenvalue weighted by atomic mass is 10.0. The van der Waals surface area contributed by atoms with Gasteiger partial charge in [0.15, 0.2) is 0 Å². The molecule has 2 heterocycles.